The summed E-state index contributed by atoms with van der Waals surface area (Å²) in [4.78, 5) is 15.7. The fourth-order valence-electron chi connectivity index (χ4n) is 1.89. The number of methoxy groups -OCH3 is 1. The van der Waals surface area contributed by atoms with Crippen molar-refractivity contribution in [3.8, 4) is 0 Å². The third-order valence-corrected chi connectivity index (χ3v) is 2.91. The SMILES string of the molecule is CNc1cc(Cc2ccc(F)cc2)cnc1C(=O)OC. The highest BCUT2D eigenvalue weighted by atomic mass is 19.1. The van der Waals surface area contributed by atoms with Gasteiger partial charge in [-0.2, -0.15) is 0 Å². The Bertz CT molecular complexity index is 612. The second-order valence-corrected chi connectivity index (χ2v) is 4.28. The molecule has 0 saturated heterocycles. The van der Waals surface area contributed by atoms with E-state index in [2.05, 4.69) is 15.0 Å². The molecule has 1 aromatic heterocycles. The van der Waals surface area contributed by atoms with Gasteiger partial charge in [-0.3, -0.25) is 0 Å². The van der Waals surface area contributed by atoms with Gasteiger partial charge in [0, 0.05) is 13.2 Å². The molecule has 20 heavy (non-hydrogen) atoms. The fraction of sp³-hybridized carbons (Fsp3) is 0.200. The first-order valence-electron chi connectivity index (χ1n) is 6.13. The molecule has 0 spiro atoms. The van der Waals surface area contributed by atoms with Crippen molar-refractivity contribution >= 4 is 11.7 Å². The smallest absolute Gasteiger partial charge is 0.358 e. The third-order valence-electron chi connectivity index (χ3n) is 2.91. The van der Waals surface area contributed by atoms with Gasteiger partial charge in [0.1, 0.15) is 5.82 Å². The number of aromatic nitrogens is 1. The number of hydrogen-bond acceptors (Lipinski definition) is 4. The van der Waals surface area contributed by atoms with E-state index >= 15 is 0 Å². The van der Waals surface area contributed by atoms with Crippen LogP contribution in [-0.4, -0.2) is 25.1 Å². The summed E-state index contributed by atoms with van der Waals surface area (Å²) < 4.78 is 17.5. The van der Waals surface area contributed by atoms with E-state index in [9.17, 15) is 9.18 Å². The van der Waals surface area contributed by atoms with Crippen molar-refractivity contribution in [3.63, 3.8) is 0 Å². The van der Waals surface area contributed by atoms with Gasteiger partial charge >= 0.3 is 5.97 Å². The molecule has 1 heterocycles. The molecule has 0 atom stereocenters. The van der Waals surface area contributed by atoms with Gasteiger partial charge < -0.3 is 10.1 Å². The molecular formula is C15H15FN2O2. The van der Waals surface area contributed by atoms with Crippen molar-refractivity contribution < 1.29 is 13.9 Å². The minimum Gasteiger partial charge on any atom is -0.464 e. The third kappa shape index (κ3) is 3.12. The van der Waals surface area contributed by atoms with Crippen LogP contribution in [0.2, 0.25) is 0 Å². The summed E-state index contributed by atoms with van der Waals surface area (Å²) in [5.41, 5.74) is 2.75. The normalized spacial score (nSPS) is 10.2. The predicted molar refractivity (Wildman–Crippen MR) is 74.3 cm³/mol. The molecule has 2 rings (SSSR count). The van der Waals surface area contributed by atoms with Crippen molar-refractivity contribution in [1.29, 1.82) is 0 Å². The zero-order chi connectivity index (χ0) is 14.5. The number of esters is 1. The largest absolute Gasteiger partial charge is 0.464 e. The number of carbonyl (C=O) groups is 1. The van der Waals surface area contributed by atoms with Gasteiger partial charge in [-0.25, -0.2) is 14.2 Å². The summed E-state index contributed by atoms with van der Waals surface area (Å²) in [6.45, 7) is 0. The average Bonchev–Trinajstić information content (AvgIpc) is 2.48. The van der Waals surface area contributed by atoms with Gasteiger partial charge in [0.2, 0.25) is 0 Å². The lowest BCUT2D eigenvalue weighted by atomic mass is 10.1. The van der Waals surface area contributed by atoms with Gasteiger partial charge in [-0.05, 0) is 35.7 Å². The van der Waals surface area contributed by atoms with Crippen molar-refractivity contribution in [2.75, 3.05) is 19.5 Å². The predicted octanol–water partition coefficient (Wildman–Crippen LogP) is 2.64. The summed E-state index contributed by atoms with van der Waals surface area (Å²) in [6, 6.07) is 8.13. The second-order valence-electron chi connectivity index (χ2n) is 4.28. The Balaban J connectivity index is 2.25. The number of anilines is 1. The number of ether oxygens (including phenoxy) is 1. The molecule has 0 saturated carbocycles. The number of pyridine rings is 1. The van der Waals surface area contributed by atoms with Gasteiger partial charge in [0.15, 0.2) is 5.69 Å². The standard InChI is InChI=1S/C15H15FN2O2/c1-17-13-8-11(9-18-14(13)15(19)20-2)7-10-3-5-12(16)6-4-10/h3-6,8-9,17H,7H2,1-2H3. The van der Waals surface area contributed by atoms with Gasteiger partial charge in [-0.15, -0.1) is 0 Å². The maximum absolute atomic E-state index is 12.9. The Hall–Kier alpha value is -2.43. The van der Waals surface area contributed by atoms with E-state index in [-0.39, 0.29) is 11.5 Å². The first-order valence-corrected chi connectivity index (χ1v) is 6.13. The number of nitrogens with zero attached hydrogens (tertiary/aromatic N) is 1. The highest BCUT2D eigenvalue weighted by Gasteiger charge is 2.13. The number of hydrogen-bond donors (Lipinski definition) is 1. The van der Waals surface area contributed by atoms with E-state index in [1.807, 2.05) is 6.07 Å². The van der Waals surface area contributed by atoms with Gasteiger partial charge in [0.25, 0.3) is 0 Å². The van der Waals surface area contributed by atoms with Crippen LogP contribution in [0.1, 0.15) is 21.6 Å². The van der Waals surface area contributed by atoms with Gasteiger partial charge in [-0.1, -0.05) is 12.1 Å². The molecule has 0 radical (unpaired) electrons. The summed E-state index contributed by atoms with van der Waals surface area (Å²) in [7, 11) is 3.03. The first kappa shape index (κ1) is 14.0. The summed E-state index contributed by atoms with van der Waals surface area (Å²) in [5, 5.41) is 2.92. The van der Waals surface area contributed by atoms with Crippen LogP contribution in [0.5, 0.6) is 0 Å². The number of rotatable bonds is 4. The van der Waals surface area contributed by atoms with Crippen molar-refractivity contribution in [3.05, 3.63) is 59.2 Å². The quantitative estimate of drug-likeness (QED) is 0.871. The van der Waals surface area contributed by atoms with Crippen LogP contribution < -0.4 is 5.32 Å². The lowest BCUT2D eigenvalue weighted by Gasteiger charge is -2.09. The Morgan fingerprint density at radius 3 is 2.60 bits per heavy atom. The summed E-state index contributed by atoms with van der Waals surface area (Å²) >= 11 is 0. The van der Waals surface area contributed by atoms with Crippen LogP contribution in [0.3, 0.4) is 0 Å². The minimum absolute atomic E-state index is 0.248. The zero-order valence-corrected chi connectivity index (χ0v) is 11.3. The molecule has 5 heteroatoms. The monoisotopic (exact) mass is 274 g/mol. The summed E-state index contributed by atoms with van der Waals surface area (Å²) in [6.07, 6.45) is 2.24. The summed E-state index contributed by atoms with van der Waals surface area (Å²) in [5.74, 6) is -0.744. The molecule has 0 unspecified atom stereocenters. The van der Waals surface area contributed by atoms with E-state index in [4.69, 9.17) is 0 Å². The molecule has 2 aromatic rings. The van der Waals surface area contributed by atoms with Gasteiger partial charge in [0.05, 0.1) is 12.8 Å². The number of halogens is 1. The molecule has 0 bridgehead atoms. The van der Waals surface area contributed by atoms with Crippen LogP contribution in [0.4, 0.5) is 10.1 Å². The van der Waals surface area contributed by atoms with Crippen molar-refractivity contribution in [2.45, 2.75) is 6.42 Å². The number of benzene rings is 1. The van der Waals surface area contributed by atoms with Crippen LogP contribution in [0, 0.1) is 5.82 Å². The molecule has 104 valence electrons. The van der Waals surface area contributed by atoms with Crippen LogP contribution in [0.25, 0.3) is 0 Å². The van der Waals surface area contributed by atoms with Crippen LogP contribution in [0.15, 0.2) is 36.5 Å². The zero-order valence-electron chi connectivity index (χ0n) is 11.3. The van der Waals surface area contributed by atoms with E-state index in [1.165, 1.54) is 19.2 Å². The topological polar surface area (TPSA) is 51.2 Å². The second kappa shape index (κ2) is 6.14. The van der Waals surface area contributed by atoms with Crippen molar-refractivity contribution in [1.82, 2.24) is 4.98 Å². The van der Waals surface area contributed by atoms with Crippen molar-refractivity contribution in [2.24, 2.45) is 0 Å². The Morgan fingerprint density at radius 2 is 2.00 bits per heavy atom. The highest BCUT2D eigenvalue weighted by molar-refractivity contribution is 5.93. The Morgan fingerprint density at radius 1 is 1.30 bits per heavy atom. The van der Waals surface area contributed by atoms with E-state index in [0.29, 0.717) is 12.1 Å². The lowest BCUT2D eigenvalue weighted by molar-refractivity contribution is 0.0595. The number of carbonyl (C=O) groups excluding carboxylic acids is 1. The van der Waals surface area contributed by atoms with E-state index < -0.39 is 5.97 Å². The highest BCUT2D eigenvalue weighted by Crippen LogP contribution is 2.18. The molecule has 0 fully saturated rings. The molecular weight excluding hydrogens is 259 g/mol. The molecule has 0 aliphatic rings. The Kier molecular flexibility index (Phi) is 4.30. The van der Waals surface area contributed by atoms with E-state index in [1.54, 1.807) is 25.4 Å². The maximum Gasteiger partial charge on any atom is 0.358 e. The maximum atomic E-state index is 12.9. The van der Waals surface area contributed by atoms with Crippen LogP contribution >= 0.6 is 0 Å². The lowest BCUT2D eigenvalue weighted by Crippen LogP contribution is -2.09. The molecule has 0 aliphatic carbocycles. The number of nitrogens with one attached hydrogen (secondary N) is 1. The minimum atomic E-state index is -0.484. The molecule has 0 aliphatic heterocycles. The Labute approximate surface area is 116 Å². The fourth-order valence-corrected chi connectivity index (χ4v) is 1.89. The van der Waals surface area contributed by atoms with E-state index in [0.717, 1.165) is 11.1 Å². The molecule has 0 amide bonds. The first-order chi connectivity index (χ1) is 9.63. The molecule has 4 nitrogen and oxygen atoms in total. The average molecular weight is 274 g/mol. The van der Waals surface area contributed by atoms with Crippen LogP contribution in [-0.2, 0) is 11.2 Å². The molecule has 1 N–H and O–H groups in total. The molecule has 1 aromatic carbocycles.